The molecule has 0 amide bonds. The molecule has 0 spiro atoms. The third kappa shape index (κ3) is 3.52. The van der Waals surface area contributed by atoms with Gasteiger partial charge in [0.1, 0.15) is 5.75 Å². The summed E-state index contributed by atoms with van der Waals surface area (Å²) in [5.41, 5.74) is 2.96. The monoisotopic (exact) mass is 242 g/mol. The van der Waals surface area contributed by atoms with Gasteiger partial charge in [0.2, 0.25) is 0 Å². The number of hydrogen-bond acceptors (Lipinski definition) is 3. The molecule has 0 aromatic heterocycles. The Bertz CT molecular complexity index is 452. The predicted molar refractivity (Wildman–Crippen MR) is 65.4 cm³/mol. The van der Waals surface area contributed by atoms with Gasteiger partial charge in [-0.05, 0) is 37.0 Å². The van der Waals surface area contributed by atoms with E-state index in [0.29, 0.717) is 5.75 Å². The van der Waals surface area contributed by atoms with Crippen LogP contribution in [0, 0.1) is 13.8 Å². The van der Waals surface area contributed by atoms with Gasteiger partial charge in [0.15, 0.2) is 0 Å². The Labute approximate surface area is 97.6 Å². The number of benzene rings is 1. The first-order chi connectivity index (χ1) is 7.33. The van der Waals surface area contributed by atoms with Crippen molar-refractivity contribution in [3.05, 3.63) is 28.8 Å². The zero-order valence-corrected chi connectivity index (χ0v) is 11.0. The highest BCUT2D eigenvalue weighted by Gasteiger charge is 2.11. The number of aryl methyl sites for hydroxylation is 3. The molecule has 0 saturated carbocycles. The van der Waals surface area contributed by atoms with E-state index in [9.17, 15) is 8.42 Å². The van der Waals surface area contributed by atoms with Gasteiger partial charge in [-0.25, -0.2) is 0 Å². The van der Waals surface area contributed by atoms with Crippen LogP contribution in [0.25, 0.3) is 0 Å². The van der Waals surface area contributed by atoms with Crippen molar-refractivity contribution in [2.24, 2.45) is 0 Å². The quantitative estimate of drug-likeness (QED) is 0.762. The van der Waals surface area contributed by atoms with Crippen LogP contribution in [0.15, 0.2) is 12.1 Å². The third-order valence-electron chi connectivity index (χ3n) is 2.29. The molecule has 0 N–H and O–H groups in total. The lowest BCUT2D eigenvalue weighted by Gasteiger charge is -2.11. The molecule has 0 saturated heterocycles. The maximum absolute atomic E-state index is 11.1. The maximum atomic E-state index is 11.1. The van der Waals surface area contributed by atoms with Gasteiger partial charge in [0, 0.05) is 0 Å². The fourth-order valence-corrected chi connectivity index (χ4v) is 2.32. The molecule has 0 radical (unpaired) electrons. The Morgan fingerprint density at radius 1 is 1.19 bits per heavy atom. The summed E-state index contributed by atoms with van der Waals surface area (Å²) in [6.45, 7) is 5.85. The van der Waals surface area contributed by atoms with E-state index >= 15 is 0 Å². The zero-order chi connectivity index (χ0) is 12.3. The summed E-state index contributed by atoms with van der Waals surface area (Å²) in [7, 11) is -3.45. The lowest BCUT2D eigenvalue weighted by molar-refractivity contribution is 0.489. The minimum absolute atomic E-state index is 0.461. The standard InChI is InChI=1S/C12H18O3S/c1-5-6-11-7-9(2)12(10(3)8-11)15-16(4,13)14/h7-8H,5-6H2,1-4H3. The fourth-order valence-electron chi connectivity index (χ4n) is 1.76. The summed E-state index contributed by atoms with van der Waals surface area (Å²) < 4.78 is 27.2. The Morgan fingerprint density at radius 2 is 1.69 bits per heavy atom. The SMILES string of the molecule is CCCc1cc(C)c(OS(C)(=O)=O)c(C)c1. The summed E-state index contributed by atoms with van der Waals surface area (Å²) in [4.78, 5) is 0. The van der Waals surface area contributed by atoms with Gasteiger partial charge in [-0.3, -0.25) is 0 Å². The molecule has 0 heterocycles. The van der Waals surface area contributed by atoms with Crippen molar-refractivity contribution in [2.75, 3.05) is 6.26 Å². The van der Waals surface area contributed by atoms with Gasteiger partial charge < -0.3 is 4.18 Å². The van der Waals surface area contributed by atoms with Gasteiger partial charge in [-0.1, -0.05) is 25.5 Å². The topological polar surface area (TPSA) is 43.4 Å². The van der Waals surface area contributed by atoms with Crippen LogP contribution in [0.1, 0.15) is 30.0 Å². The lowest BCUT2D eigenvalue weighted by Crippen LogP contribution is -2.08. The van der Waals surface area contributed by atoms with E-state index < -0.39 is 10.1 Å². The fraction of sp³-hybridized carbons (Fsp3) is 0.500. The van der Waals surface area contributed by atoms with Crippen molar-refractivity contribution in [3.8, 4) is 5.75 Å². The van der Waals surface area contributed by atoms with Crippen LogP contribution in [0.4, 0.5) is 0 Å². The molecule has 0 aliphatic carbocycles. The smallest absolute Gasteiger partial charge is 0.306 e. The maximum Gasteiger partial charge on any atom is 0.306 e. The van der Waals surface area contributed by atoms with Crippen LogP contribution in [0.2, 0.25) is 0 Å². The molecule has 0 aliphatic heterocycles. The van der Waals surface area contributed by atoms with Crippen molar-refractivity contribution in [2.45, 2.75) is 33.6 Å². The van der Waals surface area contributed by atoms with Crippen LogP contribution in [-0.4, -0.2) is 14.7 Å². The van der Waals surface area contributed by atoms with E-state index in [2.05, 4.69) is 6.92 Å². The van der Waals surface area contributed by atoms with Gasteiger partial charge >= 0.3 is 10.1 Å². The van der Waals surface area contributed by atoms with Crippen LogP contribution >= 0.6 is 0 Å². The predicted octanol–water partition coefficient (Wildman–Crippen LogP) is 2.59. The Morgan fingerprint density at radius 3 is 2.06 bits per heavy atom. The van der Waals surface area contributed by atoms with E-state index in [0.717, 1.165) is 30.2 Å². The average molecular weight is 242 g/mol. The van der Waals surface area contributed by atoms with E-state index in [-0.39, 0.29) is 0 Å². The van der Waals surface area contributed by atoms with Crippen molar-refractivity contribution >= 4 is 10.1 Å². The molecule has 0 fully saturated rings. The largest absolute Gasteiger partial charge is 0.382 e. The first-order valence-corrected chi connectivity index (χ1v) is 7.14. The van der Waals surface area contributed by atoms with Gasteiger partial charge in [0.05, 0.1) is 6.26 Å². The summed E-state index contributed by atoms with van der Waals surface area (Å²) in [6, 6.07) is 3.97. The summed E-state index contributed by atoms with van der Waals surface area (Å²) in [5, 5.41) is 0. The summed E-state index contributed by atoms with van der Waals surface area (Å²) in [6.07, 6.45) is 3.14. The second kappa shape index (κ2) is 4.87. The highest BCUT2D eigenvalue weighted by atomic mass is 32.2. The molecule has 1 rings (SSSR count). The molecule has 16 heavy (non-hydrogen) atoms. The summed E-state index contributed by atoms with van der Waals surface area (Å²) >= 11 is 0. The highest BCUT2D eigenvalue weighted by molar-refractivity contribution is 7.86. The summed E-state index contributed by atoms with van der Waals surface area (Å²) in [5.74, 6) is 0.461. The van der Waals surface area contributed by atoms with E-state index in [1.165, 1.54) is 5.56 Å². The van der Waals surface area contributed by atoms with Crippen molar-refractivity contribution in [3.63, 3.8) is 0 Å². The Hall–Kier alpha value is -1.03. The second-order valence-electron chi connectivity index (χ2n) is 4.10. The zero-order valence-electron chi connectivity index (χ0n) is 10.2. The molecule has 3 nitrogen and oxygen atoms in total. The highest BCUT2D eigenvalue weighted by Crippen LogP contribution is 2.26. The molecule has 90 valence electrons. The molecule has 4 heteroatoms. The minimum Gasteiger partial charge on any atom is -0.382 e. The molecular weight excluding hydrogens is 224 g/mol. The molecular formula is C12H18O3S. The van der Waals surface area contributed by atoms with E-state index in [1.807, 2.05) is 26.0 Å². The molecule has 0 aliphatic rings. The molecule has 1 aromatic rings. The third-order valence-corrected chi connectivity index (χ3v) is 2.76. The first kappa shape index (κ1) is 13.0. The Kier molecular flexibility index (Phi) is 3.97. The normalized spacial score (nSPS) is 11.5. The molecule has 0 unspecified atom stereocenters. The van der Waals surface area contributed by atoms with E-state index in [1.54, 1.807) is 0 Å². The number of hydrogen-bond donors (Lipinski definition) is 0. The van der Waals surface area contributed by atoms with Crippen molar-refractivity contribution < 1.29 is 12.6 Å². The van der Waals surface area contributed by atoms with E-state index in [4.69, 9.17) is 4.18 Å². The van der Waals surface area contributed by atoms with Crippen LogP contribution < -0.4 is 4.18 Å². The van der Waals surface area contributed by atoms with Crippen LogP contribution in [-0.2, 0) is 16.5 Å². The molecule has 0 atom stereocenters. The van der Waals surface area contributed by atoms with Gasteiger partial charge in [0.25, 0.3) is 0 Å². The minimum atomic E-state index is -3.45. The van der Waals surface area contributed by atoms with Crippen molar-refractivity contribution in [1.82, 2.24) is 0 Å². The van der Waals surface area contributed by atoms with Crippen molar-refractivity contribution in [1.29, 1.82) is 0 Å². The molecule has 0 bridgehead atoms. The van der Waals surface area contributed by atoms with Gasteiger partial charge in [-0.15, -0.1) is 0 Å². The van der Waals surface area contributed by atoms with Crippen LogP contribution in [0.5, 0.6) is 5.75 Å². The average Bonchev–Trinajstić information content (AvgIpc) is 2.10. The Balaban J connectivity index is 3.12. The first-order valence-electron chi connectivity index (χ1n) is 5.33. The second-order valence-corrected chi connectivity index (χ2v) is 5.67. The van der Waals surface area contributed by atoms with Gasteiger partial charge in [-0.2, -0.15) is 8.42 Å². The number of rotatable bonds is 4. The molecule has 1 aromatic carbocycles. The van der Waals surface area contributed by atoms with Crippen LogP contribution in [0.3, 0.4) is 0 Å². The lowest BCUT2D eigenvalue weighted by atomic mass is 10.0.